The fourth-order valence-electron chi connectivity index (χ4n) is 1.37. The molecule has 0 radical (unpaired) electrons. The fourth-order valence-corrected chi connectivity index (χ4v) is 2.03. The van der Waals surface area contributed by atoms with Crippen molar-refractivity contribution in [1.29, 1.82) is 0 Å². The molecule has 1 heterocycles. The topological polar surface area (TPSA) is 51.0 Å². The lowest BCUT2D eigenvalue weighted by atomic mass is 10.2. The molecule has 2 rings (SSSR count). The van der Waals surface area contributed by atoms with E-state index in [0.717, 1.165) is 14.5 Å². The molecule has 0 amide bonds. The highest BCUT2D eigenvalue weighted by Gasteiger charge is 2.10. The molecule has 1 N–H and O–H groups in total. The molecule has 94 valence electrons. The summed E-state index contributed by atoms with van der Waals surface area (Å²) in [5, 5.41) is 11.1. The van der Waals surface area contributed by atoms with Crippen molar-refractivity contribution in [2.75, 3.05) is 6.54 Å². The van der Waals surface area contributed by atoms with Crippen LogP contribution in [0.4, 0.5) is 0 Å². The van der Waals surface area contributed by atoms with Gasteiger partial charge in [-0.1, -0.05) is 34.6 Å². The van der Waals surface area contributed by atoms with Gasteiger partial charge in [0.05, 0.1) is 12.1 Å². The van der Waals surface area contributed by atoms with Crippen LogP contribution in [-0.4, -0.2) is 16.7 Å². The fraction of sp³-hybridized carbons (Fsp3) is 0.167. The van der Waals surface area contributed by atoms with Crippen molar-refractivity contribution in [3.05, 3.63) is 45.7 Å². The summed E-state index contributed by atoms with van der Waals surface area (Å²) in [7, 11) is 0. The van der Waals surface area contributed by atoms with E-state index in [2.05, 4.69) is 54.0 Å². The number of benzene rings is 1. The molecule has 0 spiro atoms. The quantitative estimate of drug-likeness (QED) is 0.872. The van der Waals surface area contributed by atoms with Crippen LogP contribution in [0.1, 0.15) is 5.89 Å². The van der Waals surface area contributed by atoms with Crippen molar-refractivity contribution >= 4 is 31.9 Å². The minimum absolute atomic E-state index is 0.511. The Morgan fingerprint density at radius 3 is 2.83 bits per heavy atom. The molecule has 0 aliphatic rings. The standard InChI is InChI=1S/C12H11Br2N3O/c1-8(13)6-15-7-11-16-17-12(18-11)9-4-2-3-5-10(9)14/h2-5,15H,1,6-7H2. The molecular formula is C12H11Br2N3O. The van der Waals surface area contributed by atoms with E-state index in [0.29, 0.717) is 24.9 Å². The molecule has 4 nitrogen and oxygen atoms in total. The Labute approximate surface area is 122 Å². The van der Waals surface area contributed by atoms with E-state index < -0.39 is 0 Å². The number of halogens is 2. The molecule has 0 saturated carbocycles. The Morgan fingerprint density at radius 1 is 1.33 bits per heavy atom. The molecule has 0 unspecified atom stereocenters. The minimum Gasteiger partial charge on any atom is -0.419 e. The Kier molecular flexibility index (Phi) is 4.68. The summed E-state index contributed by atoms with van der Waals surface area (Å²) in [4.78, 5) is 0. The van der Waals surface area contributed by atoms with Crippen LogP contribution in [0.5, 0.6) is 0 Å². The number of nitrogens with zero attached hydrogens (tertiary/aromatic N) is 2. The van der Waals surface area contributed by atoms with E-state index in [9.17, 15) is 0 Å². The smallest absolute Gasteiger partial charge is 0.248 e. The maximum absolute atomic E-state index is 5.57. The summed E-state index contributed by atoms with van der Waals surface area (Å²) >= 11 is 6.72. The summed E-state index contributed by atoms with van der Waals surface area (Å²) < 4.78 is 7.39. The lowest BCUT2D eigenvalue weighted by Crippen LogP contribution is -2.14. The molecule has 0 saturated heterocycles. The zero-order valence-electron chi connectivity index (χ0n) is 9.49. The van der Waals surface area contributed by atoms with Gasteiger partial charge in [0.15, 0.2) is 0 Å². The number of nitrogens with one attached hydrogen (secondary N) is 1. The third-order valence-electron chi connectivity index (χ3n) is 2.16. The molecule has 0 atom stereocenters. The molecule has 0 aliphatic carbocycles. The Bertz CT molecular complexity index is 554. The van der Waals surface area contributed by atoms with Crippen LogP contribution in [0.15, 0.2) is 44.2 Å². The van der Waals surface area contributed by atoms with E-state index in [1.807, 2.05) is 24.3 Å². The van der Waals surface area contributed by atoms with Gasteiger partial charge in [-0.25, -0.2) is 0 Å². The van der Waals surface area contributed by atoms with Gasteiger partial charge < -0.3 is 9.73 Å². The minimum atomic E-state index is 0.511. The molecule has 6 heteroatoms. The van der Waals surface area contributed by atoms with Crippen LogP contribution in [0.3, 0.4) is 0 Å². The maximum atomic E-state index is 5.57. The summed E-state index contributed by atoms with van der Waals surface area (Å²) in [5.41, 5.74) is 0.890. The van der Waals surface area contributed by atoms with E-state index in [1.165, 1.54) is 0 Å². The van der Waals surface area contributed by atoms with E-state index in [-0.39, 0.29) is 0 Å². The maximum Gasteiger partial charge on any atom is 0.248 e. The average molecular weight is 373 g/mol. The van der Waals surface area contributed by atoms with Crippen molar-refractivity contribution in [1.82, 2.24) is 15.5 Å². The SMILES string of the molecule is C=C(Br)CNCc1nnc(-c2ccccc2Br)o1. The molecule has 2 aromatic rings. The van der Waals surface area contributed by atoms with Crippen molar-refractivity contribution in [2.45, 2.75) is 6.54 Å². The first kappa shape index (κ1) is 13.5. The summed E-state index contributed by atoms with van der Waals surface area (Å²) in [6.45, 7) is 4.91. The predicted octanol–water partition coefficient (Wildman–Crippen LogP) is 3.50. The van der Waals surface area contributed by atoms with Crippen molar-refractivity contribution in [3.63, 3.8) is 0 Å². The number of rotatable bonds is 5. The molecule has 0 bridgehead atoms. The first-order valence-electron chi connectivity index (χ1n) is 5.28. The van der Waals surface area contributed by atoms with Gasteiger partial charge in [-0.15, -0.1) is 10.2 Å². The first-order valence-corrected chi connectivity index (χ1v) is 6.86. The van der Waals surface area contributed by atoms with Crippen LogP contribution < -0.4 is 5.32 Å². The number of aromatic nitrogens is 2. The predicted molar refractivity (Wildman–Crippen MR) is 77.2 cm³/mol. The summed E-state index contributed by atoms with van der Waals surface area (Å²) in [6.07, 6.45) is 0. The van der Waals surface area contributed by atoms with Gasteiger partial charge in [-0.2, -0.15) is 0 Å². The normalized spacial score (nSPS) is 10.6. The molecule has 0 aliphatic heterocycles. The van der Waals surface area contributed by atoms with Crippen molar-refractivity contribution in [2.24, 2.45) is 0 Å². The number of hydrogen-bond donors (Lipinski definition) is 1. The van der Waals surface area contributed by atoms with Gasteiger partial charge in [0.25, 0.3) is 0 Å². The molecule has 1 aromatic carbocycles. The lowest BCUT2D eigenvalue weighted by Gasteiger charge is -1.99. The van der Waals surface area contributed by atoms with Crippen LogP contribution in [-0.2, 0) is 6.54 Å². The molecule has 0 fully saturated rings. The van der Waals surface area contributed by atoms with Crippen LogP contribution >= 0.6 is 31.9 Å². The molecular weight excluding hydrogens is 362 g/mol. The van der Waals surface area contributed by atoms with E-state index >= 15 is 0 Å². The Balaban J connectivity index is 2.06. The highest BCUT2D eigenvalue weighted by atomic mass is 79.9. The van der Waals surface area contributed by atoms with Gasteiger partial charge >= 0.3 is 0 Å². The average Bonchev–Trinajstić information content (AvgIpc) is 2.78. The second-order valence-electron chi connectivity index (χ2n) is 3.60. The first-order chi connectivity index (χ1) is 8.66. The molecule has 18 heavy (non-hydrogen) atoms. The second kappa shape index (κ2) is 6.26. The summed E-state index contributed by atoms with van der Waals surface area (Å²) in [5.74, 6) is 1.06. The van der Waals surface area contributed by atoms with Crippen molar-refractivity contribution < 1.29 is 4.42 Å². The van der Waals surface area contributed by atoms with E-state index in [4.69, 9.17) is 4.42 Å². The zero-order chi connectivity index (χ0) is 13.0. The Hall–Kier alpha value is -0.980. The largest absolute Gasteiger partial charge is 0.419 e. The van der Waals surface area contributed by atoms with Crippen LogP contribution in [0.2, 0.25) is 0 Å². The van der Waals surface area contributed by atoms with Gasteiger partial charge in [-0.3, -0.25) is 0 Å². The lowest BCUT2D eigenvalue weighted by molar-refractivity contribution is 0.485. The van der Waals surface area contributed by atoms with Gasteiger partial charge in [0.1, 0.15) is 0 Å². The van der Waals surface area contributed by atoms with E-state index in [1.54, 1.807) is 0 Å². The highest BCUT2D eigenvalue weighted by Crippen LogP contribution is 2.26. The third kappa shape index (κ3) is 3.51. The highest BCUT2D eigenvalue weighted by molar-refractivity contribution is 9.11. The van der Waals surface area contributed by atoms with Gasteiger partial charge in [0.2, 0.25) is 11.8 Å². The second-order valence-corrected chi connectivity index (χ2v) is 5.58. The van der Waals surface area contributed by atoms with Crippen molar-refractivity contribution in [3.8, 4) is 11.5 Å². The van der Waals surface area contributed by atoms with Crippen LogP contribution in [0.25, 0.3) is 11.5 Å². The summed E-state index contributed by atoms with van der Waals surface area (Å²) in [6, 6.07) is 7.73. The van der Waals surface area contributed by atoms with Gasteiger partial charge in [0, 0.05) is 15.5 Å². The Morgan fingerprint density at radius 2 is 2.11 bits per heavy atom. The zero-order valence-corrected chi connectivity index (χ0v) is 12.7. The molecule has 1 aromatic heterocycles. The van der Waals surface area contributed by atoms with Crippen LogP contribution in [0, 0.1) is 0 Å². The van der Waals surface area contributed by atoms with Gasteiger partial charge in [-0.05, 0) is 28.1 Å². The third-order valence-corrected chi connectivity index (χ3v) is 3.14. The number of hydrogen-bond acceptors (Lipinski definition) is 4. The monoisotopic (exact) mass is 371 g/mol.